The summed E-state index contributed by atoms with van der Waals surface area (Å²) in [6.45, 7) is 0. The van der Waals surface area contributed by atoms with Gasteiger partial charge in [-0.25, -0.2) is 8.42 Å². The van der Waals surface area contributed by atoms with Gasteiger partial charge in [0.2, 0.25) is 0 Å². The van der Waals surface area contributed by atoms with Crippen molar-refractivity contribution in [3.05, 3.63) is 63.5 Å². The monoisotopic (exact) mass is 783 g/mol. The summed E-state index contributed by atoms with van der Waals surface area (Å²) in [5.41, 5.74) is -0.859. The second-order valence-electron chi connectivity index (χ2n) is 11.4. The molecule has 0 unspecified atom stereocenters. The highest BCUT2D eigenvalue weighted by atomic mass is 127. The van der Waals surface area contributed by atoms with Crippen LogP contribution in [0.25, 0.3) is 21.8 Å². The standard InChI is InChI=1S/C10H8F3NO2S.C9H5F3IN.B19/c1-17(15,16)6-4-8(10(11,12)13)7-2-3-14-9(7)5-6;10-9(11,12)7-3-5(13)4-8-6(7)1-2-14-8;1-11-16(10)19(17(12(2)3)13(4)5)18(14(6)7)15(8)9/h2-5,14H,1H3;1-4,14H;. The maximum Gasteiger partial charge on any atom is 0.417 e. The second-order valence-corrected chi connectivity index (χ2v) is 14.6. The lowest BCUT2D eigenvalue weighted by molar-refractivity contribution is -0.137. The largest absolute Gasteiger partial charge is 0.417 e. The molecule has 0 saturated heterocycles. The normalized spacial score (nSPS) is 11.4. The van der Waals surface area contributed by atoms with Crippen LogP contribution in [-0.4, -0.2) is 160 Å². The fourth-order valence-electron chi connectivity index (χ4n) is 5.39. The zero-order valence-electron chi connectivity index (χ0n) is 26.5. The Morgan fingerprint density at radius 1 is 0.660 bits per heavy atom. The predicted molar refractivity (Wildman–Crippen MR) is 222 cm³/mol. The van der Waals surface area contributed by atoms with E-state index in [0.717, 1.165) is 12.3 Å². The molecule has 31 heteroatoms. The number of aromatic amines is 2. The zero-order valence-corrected chi connectivity index (χ0v) is 29.4. The molecule has 4 aromatic rings. The molecule has 0 aliphatic rings. The smallest absolute Gasteiger partial charge is 0.361 e. The Kier molecular flexibility index (Phi) is 16.6. The summed E-state index contributed by atoms with van der Waals surface area (Å²) >= 11 is 1.87. The van der Waals surface area contributed by atoms with Gasteiger partial charge >= 0.3 is 12.4 Å². The first kappa shape index (κ1) is 45.2. The van der Waals surface area contributed by atoms with E-state index >= 15 is 0 Å². The van der Waals surface area contributed by atoms with Crippen molar-refractivity contribution in [2.24, 2.45) is 0 Å². The molecule has 0 aliphatic heterocycles. The molecule has 21 radical (unpaired) electrons. The average Bonchev–Trinajstić information content (AvgIpc) is 3.63. The van der Waals surface area contributed by atoms with Crippen LogP contribution in [-0.2, 0) is 22.2 Å². The van der Waals surface area contributed by atoms with Crippen molar-refractivity contribution in [3.63, 3.8) is 0 Å². The third kappa shape index (κ3) is 12.0. The van der Waals surface area contributed by atoms with Gasteiger partial charge in [0.15, 0.2) is 9.84 Å². The molecule has 2 N–H and O–H groups in total. The number of hydrogen-bond donors (Lipinski definition) is 2. The van der Waals surface area contributed by atoms with Crippen molar-refractivity contribution in [2.75, 3.05) is 6.26 Å². The van der Waals surface area contributed by atoms with E-state index in [1.165, 1.54) is 37.7 Å². The number of sulfone groups is 1. The minimum Gasteiger partial charge on any atom is -0.361 e. The van der Waals surface area contributed by atoms with E-state index in [1.54, 1.807) is 6.07 Å². The van der Waals surface area contributed by atoms with Crippen LogP contribution in [0.1, 0.15) is 11.1 Å². The van der Waals surface area contributed by atoms with Gasteiger partial charge in [-0.05, 0) is 59.0 Å². The first-order chi connectivity index (χ1) is 22.8. The van der Waals surface area contributed by atoms with Crippen LogP contribution >= 0.6 is 22.6 Å². The van der Waals surface area contributed by atoms with Crippen molar-refractivity contribution in [3.8, 4) is 0 Å². The van der Waals surface area contributed by atoms with Gasteiger partial charge in [0.1, 0.15) is 0 Å². The van der Waals surface area contributed by atoms with E-state index in [4.69, 9.17) is 77.4 Å². The van der Waals surface area contributed by atoms with Crippen LogP contribution in [0.3, 0.4) is 0 Å². The molecule has 2 aromatic heterocycles. The molecule has 0 bridgehead atoms. The van der Waals surface area contributed by atoms with E-state index in [0.29, 0.717) is 15.2 Å². The number of aromatic nitrogens is 2. The van der Waals surface area contributed by atoms with E-state index in [9.17, 15) is 34.8 Å². The van der Waals surface area contributed by atoms with E-state index < -0.39 is 84.4 Å². The lowest BCUT2D eigenvalue weighted by Crippen LogP contribution is -2.79. The summed E-state index contributed by atoms with van der Waals surface area (Å²) in [5, 5.41) is 0.183. The number of fused-ring (bicyclic) bond motifs is 2. The van der Waals surface area contributed by atoms with Crippen molar-refractivity contribution in [1.29, 1.82) is 0 Å². The Morgan fingerprint density at radius 3 is 1.38 bits per heavy atom. The highest BCUT2D eigenvalue weighted by molar-refractivity contribution is 14.1. The number of halogens is 7. The summed E-state index contributed by atoms with van der Waals surface area (Å²) in [6, 6.07) is 7.39. The zero-order chi connectivity index (χ0) is 38.5. The van der Waals surface area contributed by atoms with Crippen molar-refractivity contribution in [2.45, 2.75) is 17.2 Å². The molecular formula is C19H13B19F6IN2O2S. The summed E-state index contributed by atoms with van der Waals surface area (Å²) in [5.74, 6) is 0. The molecule has 0 aliphatic carbocycles. The van der Waals surface area contributed by atoms with Crippen molar-refractivity contribution >= 4 is 190 Å². The van der Waals surface area contributed by atoms with E-state index in [-0.39, 0.29) is 21.2 Å². The van der Waals surface area contributed by atoms with Gasteiger partial charge in [-0.2, -0.15) is 26.3 Å². The number of alkyl halides is 6. The van der Waals surface area contributed by atoms with Gasteiger partial charge in [-0.1, -0.05) is 0 Å². The minimum absolute atomic E-state index is 0.0371. The SMILES string of the molecule is CS(=O)(=O)c1cc(C(F)(F)F)c2cc[nH]c2c1.FC(F)(F)c1cc(I)cc2[nH]ccc12.[B][B]B([B])B(B(B([B])[B])B([B])[B])B(B([B])[B])B([B])[B]. The average molecular weight is 780 g/mol. The number of rotatable bonds is 9. The predicted octanol–water partition coefficient (Wildman–Crippen LogP) is -0.854. The van der Waals surface area contributed by atoms with E-state index in [1.807, 2.05) is 22.6 Å². The Morgan fingerprint density at radius 2 is 1.04 bits per heavy atom. The van der Waals surface area contributed by atoms with Gasteiger partial charge in [0.05, 0.1) is 16.0 Å². The molecular weight excluding hydrogens is 767 g/mol. The summed E-state index contributed by atoms with van der Waals surface area (Å²) in [6.07, 6.45) is -10.9. The lowest BCUT2D eigenvalue weighted by Gasteiger charge is -2.41. The summed E-state index contributed by atoms with van der Waals surface area (Å²) < 4.78 is 99.1. The quantitative estimate of drug-likeness (QED) is 0.132. The van der Waals surface area contributed by atoms with Crippen molar-refractivity contribution < 1.29 is 34.8 Å². The molecule has 2 aromatic carbocycles. The molecule has 0 saturated carbocycles. The summed E-state index contributed by atoms with van der Waals surface area (Å²) in [4.78, 5) is 5.00. The number of H-pyrrole nitrogens is 2. The molecule has 4 nitrogen and oxygen atoms in total. The van der Waals surface area contributed by atoms with Gasteiger partial charge in [0.25, 0.3) is 0 Å². The van der Waals surface area contributed by atoms with Gasteiger partial charge in [-0.3, -0.25) is 0 Å². The molecule has 0 spiro atoms. The number of nitrogens with one attached hydrogen (secondary N) is 2. The summed E-state index contributed by atoms with van der Waals surface area (Å²) in [7, 11) is 54.7. The van der Waals surface area contributed by atoms with Crippen LogP contribution < -0.4 is 0 Å². The first-order valence-corrected chi connectivity index (χ1v) is 17.4. The Labute approximate surface area is 319 Å². The maximum absolute atomic E-state index is 12.8. The van der Waals surface area contributed by atoms with Crippen LogP contribution in [0.4, 0.5) is 26.3 Å². The maximum atomic E-state index is 12.8. The molecule has 223 valence electrons. The van der Waals surface area contributed by atoms with Gasteiger partial charge in [0, 0.05) is 180 Å². The third-order valence-corrected chi connectivity index (χ3v) is 9.36. The molecule has 0 amide bonds. The molecule has 4 rings (SSSR count). The molecule has 2 heterocycles. The molecule has 0 fully saturated rings. The van der Waals surface area contributed by atoms with Crippen molar-refractivity contribution in [1.82, 2.24) is 9.97 Å². The Balaban J connectivity index is 0.000000262. The molecule has 0 atom stereocenters. The number of hydrogen-bond acceptors (Lipinski definition) is 2. The Bertz CT molecular complexity index is 1770. The van der Waals surface area contributed by atoms with Crippen LogP contribution in [0.5, 0.6) is 0 Å². The van der Waals surface area contributed by atoms with E-state index in [2.05, 4.69) is 9.97 Å². The lowest BCUT2D eigenvalue weighted by atomic mass is 8.40. The van der Waals surface area contributed by atoms with Crippen LogP contribution in [0, 0.1) is 3.57 Å². The fourth-order valence-corrected chi connectivity index (χ4v) is 6.68. The minimum atomic E-state index is -4.58. The topological polar surface area (TPSA) is 65.7 Å². The first-order valence-electron chi connectivity index (χ1n) is 14.4. The highest BCUT2D eigenvalue weighted by Crippen LogP contribution is 2.37. The number of benzene rings is 2. The van der Waals surface area contributed by atoms with Gasteiger partial charge < -0.3 is 9.97 Å². The third-order valence-electron chi connectivity index (χ3n) is 7.65. The highest BCUT2D eigenvalue weighted by Gasteiger charge is 2.43. The van der Waals surface area contributed by atoms with Crippen LogP contribution in [0.15, 0.2) is 53.7 Å². The second kappa shape index (κ2) is 18.4. The van der Waals surface area contributed by atoms with Gasteiger partial charge in [-0.15, -0.1) is 0 Å². The molecule has 50 heavy (non-hydrogen) atoms. The van der Waals surface area contributed by atoms with Crippen LogP contribution in [0.2, 0.25) is 0 Å². The Hall–Kier alpha value is -0.986. The fraction of sp³-hybridized carbons (Fsp3) is 0.158.